The first-order valence-corrected chi connectivity index (χ1v) is 10.1. The van der Waals surface area contributed by atoms with Gasteiger partial charge in [0.2, 0.25) is 5.88 Å². The summed E-state index contributed by atoms with van der Waals surface area (Å²) >= 11 is 0. The number of aromatic nitrogens is 2. The minimum absolute atomic E-state index is 0.0517. The quantitative estimate of drug-likeness (QED) is 0.401. The number of anilines is 1. The SMILES string of the molecule is NCCOc1cnc2ccc(C(=O)c3c(F)ccc(NC(=O)c4cccc(F)c4)c3F)cc2n1. The van der Waals surface area contributed by atoms with Gasteiger partial charge >= 0.3 is 0 Å². The van der Waals surface area contributed by atoms with Crippen LogP contribution in [0.15, 0.2) is 60.8 Å². The highest BCUT2D eigenvalue weighted by Crippen LogP contribution is 2.26. The first-order valence-electron chi connectivity index (χ1n) is 10.1. The highest BCUT2D eigenvalue weighted by molar-refractivity contribution is 6.12. The molecule has 10 heteroatoms. The summed E-state index contributed by atoms with van der Waals surface area (Å²) in [5.74, 6) is -4.64. The van der Waals surface area contributed by atoms with Crippen molar-refractivity contribution in [2.75, 3.05) is 18.5 Å². The van der Waals surface area contributed by atoms with E-state index in [0.717, 1.165) is 24.3 Å². The van der Waals surface area contributed by atoms with Crippen LogP contribution in [0.1, 0.15) is 26.3 Å². The second-order valence-corrected chi connectivity index (χ2v) is 7.13. The standard InChI is InChI=1S/C24H17F3N4O3/c25-15-3-1-2-14(10-15)24(33)31-18-7-5-16(26)21(22(18)27)23(32)13-4-6-17-19(11-13)30-20(12-29-17)34-9-8-28/h1-7,10-12H,8-9,28H2,(H,31,33). The van der Waals surface area contributed by atoms with E-state index in [9.17, 15) is 18.4 Å². The van der Waals surface area contributed by atoms with Crippen LogP contribution >= 0.6 is 0 Å². The minimum Gasteiger partial charge on any atom is -0.475 e. The zero-order valence-electron chi connectivity index (χ0n) is 17.5. The summed E-state index contributed by atoms with van der Waals surface area (Å²) in [6.45, 7) is 0.478. The number of nitrogens with zero attached hydrogens (tertiary/aromatic N) is 2. The van der Waals surface area contributed by atoms with Crippen LogP contribution in [0.2, 0.25) is 0 Å². The molecule has 0 atom stereocenters. The van der Waals surface area contributed by atoms with Gasteiger partial charge in [0.25, 0.3) is 5.91 Å². The van der Waals surface area contributed by atoms with Crippen molar-refractivity contribution in [3.63, 3.8) is 0 Å². The van der Waals surface area contributed by atoms with Gasteiger partial charge in [-0.05, 0) is 48.5 Å². The van der Waals surface area contributed by atoms with Crippen LogP contribution in [-0.2, 0) is 0 Å². The number of benzene rings is 3. The molecular weight excluding hydrogens is 449 g/mol. The first-order chi connectivity index (χ1) is 16.4. The van der Waals surface area contributed by atoms with Crippen LogP contribution in [0.25, 0.3) is 11.0 Å². The van der Waals surface area contributed by atoms with Crippen LogP contribution < -0.4 is 15.8 Å². The molecule has 1 aromatic heterocycles. The molecule has 0 radical (unpaired) electrons. The van der Waals surface area contributed by atoms with E-state index < -0.39 is 40.4 Å². The Hall–Kier alpha value is -4.31. The zero-order valence-corrected chi connectivity index (χ0v) is 17.5. The van der Waals surface area contributed by atoms with Gasteiger partial charge in [-0.2, -0.15) is 0 Å². The van der Waals surface area contributed by atoms with E-state index in [1.165, 1.54) is 36.5 Å². The molecule has 0 aliphatic rings. The fraction of sp³-hybridized carbons (Fsp3) is 0.0833. The molecule has 0 aliphatic carbocycles. The number of halogens is 3. The van der Waals surface area contributed by atoms with Gasteiger partial charge in [0.05, 0.1) is 28.5 Å². The van der Waals surface area contributed by atoms with E-state index >= 15 is 4.39 Å². The number of nitrogens with one attached hydrogen (secondary N) is 1. The largest absolute Gasteiger partial charge is 0.475 e. The molecule has 4 aromatic rings. The Morgan fingerprint density at radius 1 is 0.971 bits per heavy atom. The van der Waals surface area contributed by atoms with Gasteiger partial charge in [0, 0.05) is 17.7 Å². The third-order valence-electron chi connectivity index (χ3n) is 4.80. The maximum absolute atomic E-state index is 15.1. The van der Waals surface area contributed by atoms with E-state index in [-0.39, 0.29) is 35.7 Å². The predicted molar refractivity (Wildman–Crippen MR) is 118 cm³/mol. The van der Waals surface area contributed by atoms with Crippen LogP contribution in [0.3, 0.4) is 0 Å². The lowest BCUT2D eigenvalue weighted by Crippen LogP contribution is -2.16. The maximum Gasteiger partial charge on any atom is 0.255 e. The third kappa shape index (κ3) is 4.71. The molecule has 0 unspecified atom stereocenters. The lowest BCUT2D eigenvalue weighted by Gasteiger charge is -2.11. The van der Waals surface area contributed by atoms with E-state index in [4.69, 9.17) is 10.5 Å². The second-order valence-electron chi connectivity index (χ2n) is 7.13. The lowest BCUT2D eigenvalue weighted by molar-refractivity contribution is 0.101. The van der Waals surface area contributed by atoms with Crippen molar-refractivity contribution in [1.82, 2.24) is 9.97 Å². The van der Waals surface area contributed by atoms with Crippen molar-refractivity contribution in [1.29, 1.82) is 0 Å². The highest BCUT2D eigenvalue weighted by atomic mass is 19.1. The van der Waals surface area contributed by atoms with Gasteiger partial charge < -0.3 is 15.8 Å². The van der Waals surface area contributed by atoms with Crippen LogP contribution in [0, 0.1) is 17.5 Å². The fourth-order valence-corrected chi connectivity index (χ4v) is 3.19. The monoisotopic (exact) mass is 466 g/mol. The van der Waals surface area contributed by atoms with Gasteiger partial charge in [0.15, 0.2) is 11.6 Å². The molecule has 172 valence electrons. The summed E-state index contributed by atoms with van der Waals surface area (Å²) < 4.78 is 48.3. The van der Waals surface area contributed by atoms with Crippen LogP contribution in [0.5, 0.6) is 5.88 Å². The average molecular weight is 466 g/mol. The normalized spacial score (nSPS) is 10.8. The summed E-state index contributed by atoms with van der Waals surface area (Å²) in [5.41, 5.74) is 4.69. The molecule has 4 rings (SSSR count). The van der Waals surface area contributed by atoms with Crippen molar-refractivity contribution < 1.29 is 27.5 Å². The molecular formula is C24H17F3N4O3. The minimum atomic E-state index is -1.26. The number of carbonyl (C=O) groups is 2. The molecule has 34 heavy (non-hydrogen) atoms. The van der Waals surface area contributed by atoms with Crippen molar-refractivity contribution >= 4 is 28.4 Å². The summed E-state index contributed by atoms with van der Waals surface area (Å²) in [7, 11) is 0. The van der Waals surface area contributed by atoms with Crippen LogP contribution in [0.4, 0.5) is 18.9 Å². The Balaban J connectivity index is 1.66. The Kier molecular flexibility index (Phi) is 6.51. The maximum atomic E-state index is 15.1. The van der Waals surface area contributed by atoms with E-state index in [1.807, 2.05) is 0 Å². The number of ketones is 1. The van der Waals surface area contributed by atoms with E-state index in [2.05, 4.69) is 15.3 Å². The number of hydrogen-bond donors (Lipinski definition) is 2. The van der Waals surface area contributed by atoms with Gasteiger partial charge in [-0.3, -0.25) is 9.59 Å². The Morgan fingerprint density at radius 3 is 2.56 bits per heavy atom. The number of nitrogens with two attached hydrogens (primary N) is 1. The molecule has 1 heterocycles. The molecule has 0 bridgehead atoms. The predicted octanol–water partition coefficient (Wildman–Crippen LogP) is 3.87. The Morgan fingerprint density at radius 2 is 1.79 bits per heavy atom. The third-order valence-corrected chi connectivity index (χ3v) is 4.80. The molecule has 3 aromatic carbocycles. The van der Waals surface area contributed by atoms with E-state index in [1.54, 1.807) is 0 Å². The van der Waals surface area contributed by atoms with Gasteiger partial charge in [0.1, 0.15) is 18.2 Å². The lowest BCUT2D eigenvalue weighted by atomic mass is 10.0. The average Bonchev–Trinajstić information content (AvgIpc) is 2.83. The summed E-state index contributed by atoms with van der Waals surface area (Å²) in [4.78, 5) is 33.7. The smallest absolute Gasteiger partial charge is 0.255 e. The molecule has 0 fully saturated rings. The van der Waals surface area contributed by atoms with Gasteiger partial charge in [-0.1, -0.05) is 6.07 Å². The summed E-state index contributed by atoms with van der Waals surface area (Å²) in [5, 5.41) is 2.24. The Labute approximate surface area is 191 Å². The van der Waals surface area contributed by atoms with Crippen LogP contribution in [-0.4, -0.2) is 34.8 Å². The van der Waals surface area contributed by atoms with Crippen molar-refractivity contribution in [2.45, 2.75) is 0 Å². The number of carbonyl (C=O) groups excluding carboxylic acids is 2. The van der Waals surface area contributed by atoms with Gasteiger partial charge in [-0.15, -0.1) is 0 Å². The van der Waals surface area contributed by atoms with Gasteiger partial charge in [-0.25, -0.2) is 23.1 Å². The van der Waals surface area contributed by atoms with Crippen molar-refractivity contribution in [3.8, 4) is 5.88 Å². The summed E-state index contributed by atoms with van der Waals surface area (Å²) in [6.07, 6.45) is 1.39. The number of fused-ring (bicyclic) bond motifs is 1. The number of ether oxygens (including phenoxy) is 1. The molecule has 0 aliphatic heterocycles. The molecule has 3 N–H and O–H groups in total. The number of rotatable bonds is 7. The van der Waals surface area contributed by atoms with Crippen molar-refractivity contribution in [2.24, 2.45) is 5.73 Å². The molecule has 1 amide bonds. The van der Waals surface area contributed by atoms with E-state index in [0.29, 0.717) is 5.52 Å². The summed E-state index contributed by atoms with van der Waals surface area (Å²) in [6, 6.07) is 10.8. The second kappa shape index (κ2) is 9.67. The fourth-order valence-electron chi connectivity index (χ4n) is 3.19. The Bertz CT molecular complexity index is 1410. The topological polar surface area (TPSA) is 107 Å². The molecule has 0 saturated heterocycles. The first kappa shape index (κ1) is 22.9. The number of amides is 1. The zero-order chi connectivity index (χ0) is 24.2. The molecule has 0 saturated carbocycles. The molecule has 0 spiro atoms. The number of hydrogen-bond acceptors (Lipinski definition) is 6. The molecule has 7 nitrogen and oxygen atoms in total. The van der Waals surface area contributed by atoms with Crippen molar-refractivity contribution in [3.05, 3.63) is 94.9 Å². The highest BCUT2D eigenvalue weighted by Gasteiger charge is 2.23.